The van der Waals surface area contributed by atoms with Crippen LogP contribution in [0.25, 0.3) is 0 Å². The first-order valence-electron chi connectivity index (χ1n) is 3.49. The number of halogens is 2. The molecule has 2 atom stereocenters. The molecule has 0 aromatic rings. The van der Waals surface area contributed by atoms with Gasteiger partial charge in [0.1, 0.15) is 46.0 Å². The van der Waals surface area contributed by atoms with E-state index in [4.69, 9.17) is 10.9 Å². The Kier molecular flexibility index (Phi) is 5.59. The Morgan fingerprint density at radius 2 is 2.27 bits per heavy atom. The van der Waals surface area contributed by atoms with Crippen LogP contribution in [0.3, 0.4) is 0 Å². The van der Waals surface area contributed by atoms with Gasteiger partial charge in [-0.15, -0.1) is 0 Å². The lowest BCUT2D eigenvalue weighted by molar-refractivity contribution is -0.0380. The minimum atomic E-state index is 0.223. The second-order valence-corrected chi connectivity index (χ2v) is 3.64. The minimum Gasteiger partial charge on any atom is -0.376 e. The molecule has 0 aromatic heterocycles. The Morgan fingerprint density at radius 3 is 2.91 bits per heavy atom. The Balaban J connectivity index is 2.21. The fraction of sp³-hybridized carbons (Fsp3) is 1.00. The van der Waals surface area contributed by atoms with Gasteiger partial charge >= 0.3 is 0 Å². The molecule has 5 heteroatoms. The Morgan fingerprint density at radius 1 is 1.45 bits per heavy atom. The molecule has 3 nitrogen and oxygen atoms in total. The largest absolute Gasteiger partial charge is 0.376 e. The van der Waals surface area contributed by atoms with Crippen molar-refractivity contribution in [3.8, 4) is 0 Å². The number of ether oxygens (including phenoxy) is 1. The van der Waals surface area contributed by atoms with Crippen molar-refractivity contribution in [2.45, 2.75) is 25.0 Å². The molecule has 0 spiro atoms. The summed E-state index contributed by atoms with van der Waals surface area (Å²) < 4.78 is 15.6. The van der Waals surface area contributed by atoms with Gasteiger partial charge in [-0.2, -0.15) is 0 Å². The summed E-state index contributed by atoms with van der Waals surface area (Å²) in [5.74, 6) is 0. The third-order valence-electron chi connectivity index (χ3n) is 1.69. The number of hydrogen-bond donors (Lipinski definition) is 0. The van der Waals surface area contributed by atoms with E-state index in [0.717, 1.165) is 19.4 Å². The normalized spacial score (nSPS) is 32.2. The maximum Gasteiger partial charge on any atom is 0.110 e. The summed E-state index contributed by atoms with van der Waals surface area (Å²) in [5, 5.41) is 0. The van der Waals surface area contributed by atoms with Crippen LogP contribution in [0.2, 0.25) is 0 Å². The van der Waals surface area contributed by atoms with Gasteiger partial charge in [-0.3, -0.25) is 0 Å². The van der Waals surface area contributed by atoms with Crippen LogP contribution in [0.1, 0.15) is 12.8 Å². The Hall–Kier alpha value is 1.34. The Labute approximate surface area is 94.5 Å². The van der Waals surface area contributed by atoms with Gasteiger partial charge in [0.05, 0.1) is 18.8 Å². The number of rotatable bonds is 3. The molecule has 1 heterocycles. The van der Waals surface area contributed by atoms with Crippen molar-refractivity contribution < 1.29 is 10.9 Å². The third-order valence-corrected chi connectivity index (χ3v) is 2.77. The first kappa shape index (κ1) is 10.4. The highest BCUT2D eigenvalue weighted by atomic mass is 127. The van der Waals surface area contributed by atoms with Crippen molar-refractivity contribution in [3.05, 3.63) is 0 Å². The van der Waals surface area contributed by atoms with E-state index in [1.54, 1.807) is 0 Å². The van der Waals surface area contributed by atoms with E-state index < -0.39 is 0 Å². The van der Waals surface area contributed by atoms with Crippen molar-refractivity contribution in [1.82, 2.24) is 0 Å². The molecule has 1 fully saturated rings. The summed E-state index contributed by atoms with van der Waals surface area (Å²) >= 11 is 3.83. The molecule has 0 unspecified atom stereocenters. The minimum absolute atomic E-state index is 0.223. The Bertz CT molecular complexity index is 110. The van der Waals surface area contributed by atoms with Crippen LogP contribution < -0.4 is 0 Å². The van der Waals surface area contributed by atoms with E-state index in [1.807, 2.05) is 46.0 Å². The maximum absolute atomic E-state index is 5.44. The molecule has 66 valence electrons. The fourth-order valence-electron chi connectivity index (χ4n) is 1.11. The van der Waals surface area contributed by atoms with Gasteiger partial charge in [0.25, 0.3) is 0 Å². The molecule has 0 radical (unpaired) electrons. The first-order chi connectivity index (χ1) is 5.36. The van der Waals surface area contributed by atoms with Gasteiger partial charge in [0, 0.05) is 13.0 Å². The summed E-state index contributed by atoms with van der Waals surface area (Å²) in [6.45, 7) is 1.45. The van der Waals surface area contributed by atoms with Gasteiger partial charge in [-0.1, -0.05) is 0 Å². The average molecular weight is 384 g/mol. The molecule has 11 heavy (non-hydrogen) atoms. The topological polar surface area (TPSA) is 27.7 Å². The van der Waals surface area contributed by atoms with Crippen LogP contribution in [0.4, 0.5) is 0 Å². The van der Waals surface area contributed by atoms with Gasteiger partial charge < -0.3 is 10.9 Å². The first-order valence-corrected chi connectivity index (χ1v) is 5.25. The van der Waals surface area contributed by atoms with E-state index in [0.29, 0.717) is 12.7 Å². The van der Waals surface area contributed by atoms with E-state index in [-0.39, 0.29) is 6.10 Å². The van der Waals surface area contributed by atoms with Crippen molar-refractivity contribution in [2.24, 2.45) is 0 Å². The van der Waals surface area contributed by atoms with E-state index in [2.05, 4.69) is 0 Å². The summed E-state index contributed by atoms with van der Waals surface area (Å²) in [6, 6.07) is 0. The molecular formula is C6H10I2O3. The quantitative estimate of drug-likeness (QED) is 0.700. The summed E-state index contributed by atoms with van der Waals surface area (Å²) in [6.07, 6.45) is 2.52. The van der Waals surface area contributed by atoms with Crippen LogP contribution in [0.5, 0.6) is 0 Å². The summed E-state index contributed by atoms with van der Waals surface area (Å²) in [7, 11) is 0. The van der Waals surface area contributed by atoms with Crippen molar-refractivity contribution >= 4 is 46.0 Å². The zero-order chi connectivity index (χ0) is 8.10. The standard InChI is InChI=1S/C6H10I2O3/c7-10-4-6-3-5(11-8)1-2-9-6/h5-6H,1-4H2/t5-,6+/m1/s1. The lowest BCUT2D eigenvalue weighted by Gasteiger charge is -2.26. The van der Waals surface area contributed by atoms with E-state index in [9.17, 15) is 0 Å². The highest BCUT2D eigenvalue weighted by molar-refractivity contribution is 14.1. The third kappa shape index (κ3) is 3.71. The zero-order valence-corrected chi connectivity index (χ0v) is 10.3. The van der Waals surface area contributed by atoms with Crippen LogP contribution in [0.15, 0.2) is 0 Å². The molecule has 1 saturated heterocycles. The lowest BCUT2D eigenvalue weighted by Crippen LogP contribution is -2.31. The second kappa shape index (κ2) is 5.90. The summed E-state index contributed by atoms with van der Waals surface area (Å²) in [4.78, 5) is 0. The average Bonchev–Trinajstić information content (AvgIpc) is 2.06. The molecule has 0 N–H and O–H groups in total. The molecule has 1 rings (SSSR count). The van der Waals surface area contributed by atoms with Gasteiger partial charge in [0.2, 0.25) is 0 Å². The highest BCUT2D eigenvalue weighted by Gasteiger charge is 2.22. The fourth-order valence-corrected chi connectivity index (χ4v) is 1.98. The molecule has 0 bridgehead atoms. The molecule has 0 aromatic carbocycles. The molecule has 0 amide bonds. The SMILES string of the molecule is IOC[C@@H]1C[C@H](OI)CCO1. The van der Waals surface area contributed by atoms with Crippen LogP contribution in [0, 0.1) is 0 Å². The number of hydrogen-bond acceptors (Lipinski definition) is 3. The predicted molar refractivity (Wildman–Crippen MR) is 57.8 cm³/mol. The highest BCUT2D eigenvalue weighted by Crippen LogP contribution is 2.19. The van der Waals surface area contributed by atoms with Crippen molar-refractivity contribution in [3.63, 3.8) is 0 Å². The van der Waals surface area contributed by atoms with E-state index >= 15 is 0 Å². The van der Waals surface area contributed by atoms with Crippen LogP contribution in [-0.4, -0.2) is 25.4 Å². The molecule has 1 aliphatic rings. The van der Waals surface area contributed by atoms with Gasteiger partial charge in [-0.25, -0.2) is 0 Å². The van der Waals surface area contributed by atoms with Crippen LogP contribution in [-0.2, 0) is 10.9 Å². The predicted octanol–water partition coefficient (Wildman–Crippen LogP) is 2.27. The maximum atomic E-state index is 5.44. The lowest BCUT2D eigenvalue weighted by atomic mass is 10.1. The monoisotopic (exact) mass is 384 g/mol. The molecule has 0 aliphatic carbocycles. The van der Waals surface area contributed by atoms with E-state index in [1.165, 1.54) is 0 Å². The van der Waals surface area contributed by atoms with Crippen molar-refractivity contribution in [2.75, 3.05) is 13.2 Å². The zero-order valence-electron chi connectivity index (χ0n) is 5.96. The van der Waals surface area contributed by atoms with Crippen molar-refractivity contribution in [1.29, 1.82) is 0 Å². The second-order valence-electron chi connectivity index (χ2n) is 2.50. The molecule has 0 saturated carbocycles. The smallest absolute Gasteiger partial charge is 0.110 e. The molecule has 1 aliphatic heterocycles. The van der Waals surface area contributed by atoms with Gasteiger partial charge in [0.15, 0.2) is 0 Å². The van der Waals surface area contributed by atoms with Crippen LogP contribution >= 0.6 is 46.0 Å². The molecular weight excluding hydrogens is 374 g/mol. The van der Waals surface area contributed by atoms with Gasteiger partial charge in [-0.05, 0) is 6.42 Å². The summed E-state index contributed by atoms with van der Waals surface area (Å²) in [5.41, 5.74) is 0.